The van der Waals surface area contributed by atoms with E-state index in [1.807, 2.05) is 20.1 Å². The van der Waals surface area contributed by atoms with Crippen LogP contribution in [-0.4, -0.2) is 29.4 Å². The molecule has 0 aliphatic rings. The maximum absolute atomic E-state index is 13.6. The van der Waals surface area contributed by atoms with Crippen LogP contribution in [0.5, 0.6) is 0 Å². The Labute approximate surface area is 115 Å². The van der Waals surface area contributed by atoms with E-state index < -0.39 is 23.2 Å². The number of rotatable bonds is 5. The van der Waals surface area contributed by atoms with Crippen molar-refractivity contribution in [3.8, 4) is 0 Å². The van der Waals surface area contributed by atoms with Gasteiger partial charge in [-0.1, -0.05) is 6.07 Å². The fraction of sp³-hybridized carbons (Fsp3) is 0.385. The minimum Gasteiger partial charge on any atom is -0.365 e. The van der Waals surface area contributed by atoms with Crippen LogP contribution in [0.3, 0.4) is 0 Å². The second-order valence-corrected chi connectivity index (χ2v) is 5.66. The van der Waals surface area contributed by atoms with Crippen molar-refractivity contribution >= 4 is 23.6 Å². The number of nitrogens with one attached hydrogen (secondary N) is 1. The summed E-state index contributed by atoms with van der Waals surface area (Å²) in [6.45, 7) is 3.70. The van der Waals surface area contributed by atoms with Crippen LogP contribution in [0.1, 0.15) is 34.6 Å². The number of nitrogens with two attached hydrogens (primary N) is 1. The molecule has 0 radical (unpaired) electrons. The third-order valence-corrected chi connectivity index (χ3v) is 3.47. The molecule has 0 spiro atoms. The number of benzene rings is 1. The Hall–Kier alpha value is -1.56. The number of hydrogen-bond acceptors (Lipinski definition) is 3. The van der Waals surface area contributed by atoms with E-state index in [0.29, 0.717) is 5.75 Å². The summed E-state index contributed by atoms with van der Waals surface area (Å²) in [5.74, 6) is -1.55. The molecule has 6 heteroatoms. The zero-order valence-electron chi connectivity index (χ0n) is 11.1. The van der Waals surface area contributed by atoms with Crippen molar-refractivity contribution in [1.82, 2.24) is 5.32 Å². The van der Waals surface area contributed by atoms with Gasteiger partial charge in [0.05, 0.1) is 11.1 Å². The highest BCUT2D eigenvalue weighted by Gasteiger charge is 2.24. The standard InChI is InChI=1S/C13H17FN2O2S/c1-13(2,7-19-3)16-12(18)8-5-4-6-9(14)10(8)11(15)17/h4-6H,7H2,1-3H3,(H2,15,17)(H,16,18). The molecule has 0 aromatic heterocycles. The molecule has 0 atom stereocenters. The average molecular weight is 284 g/mol. The van der Waals surface area contributed by atoms with E-state index in [-0.39, 0.29) is 11.1 Å². The largest absolute Gasteiger partial charge is 0.365 e. The first-order valence-electron chi connectivity index (χ1n) is 5.68. The molecule has 2 amide bonds. The van der Waals surface area contributed by atoms with Gasteiger partial charge in [0.15, 0.2) is 0 Å². The normalized spacial score (nSPS) is 11.2. The van der Waals surface area contributed by atoms with Gasteiger partial charge < -0.3 is 11.1 Å². The lowest BCUT2D eigenvalue weighted by Gasteiger charge is -2.25. The number of carbonyl (C=O) groups excluding carboxylic acids is 2. The molecule has 19 heavy (non-hydrogen) atoms. The fourth-order valence-corrected chi connectivity index (χ4v) is 2.53. The van der Waals surface area contributed by atoms with Crippen LogP contribution in [0.15, 0.2) is 18.2 Å². The van der Waals surface area contributed by atoms with Gasteiger partial charge in [-0.05, 0) is 32.2 Å². The van der Waals surface area contributed by atoms with Gasteiger partial charge in [-0.2, -0.15) is 11.8 Å². The molecule has 0 saturated heterocycles. The molecular weight excluding hydrogens is 267 g/mol. The first-order chi connectivity index (χ1) is 8.78. The Balaban J connectivity index is 3.07. The highest BCUT2D eigenvalue weighted by molar-refractivity contribution is 7.98. The van der Waals surface area contributed by atoms with E-state index in [9.17, 15) is 14.0 Å². The van der Waals surface area contributed by atoms with E-state index in [0.717, 1.165) is 6.07 Å². The van der Waals surface area contributed by atoms with Gasteiger partial charge in [0.1, 0.15) is 5.82 Å². The minimum absolute atomic E-state index is 0.0401. The second-order valence-electron chi connectivity index (χ2n) is 4.80. The van der Waals surface area contributed by atoms with Crippen LogP contribution in [0.2, 0.25) is 0 Å². The molecule has 0 aliphatic heterocycles. The zero-order valence-corrected chi connectivity index (χ0v) is 11.9. The highest BCUT2D eigenvalue weighted by atomic mass is 32.2. The maximum atomic E-state index is 13.6. The van der Waals surface area contributed by atoms with Crippen LogP contribution in [-0.2, 0) is 0 Å². The molecule has 0 aliphatic carbocycles. The lowest BCUT2D eigenvalue weighted by Crippen LogP contribution is -2.46. The predicted octanol–water partition coefficient (Wildman–Crippen LogP) is 1.80. The average Bonchev–Trinajstić information content (AvgIpc) is 2.27. The molecule has 4 nitrogen and oxygen atoms in total. The van der Waals surface area contributed by atoms with Gasteiger partial charge >= 0.3 is 0 Å². The first-order valence-corrected chi connectivity index (χ1v) is 7.07. The van der Waals surface area contributed by atoms with Gasteiger partial charge in [-0.15, -0.1) is 0 Å². The number of amides is 2. The summed E-state index contributed by atoms with van der Waals surface area (Å²) >= 11 is 1.58. The minimum atomic E-state index is -0.953. The third kappa shape index (κ3) is 3.96. The Morgan fingerprint density at radius 1 is 1.42 bits per heavy atom. The van der Waals surface area contributed by atoms with E-state index in [1.165, 1.54) is 12.1 Å². The summed E-state index contributed by atoms with van der Waals surface area (Å²) in [7, 11) is 0. The van der Waals surface area contributed by atoms with E-state index in [1.54, 1.807) is 11.8 Å². The molecule has 1 aromatic rings. The summed E-state index contributed by atoms with van der Waals surface area (Å²) in [4.78, 5) is 23.4. The SMILES string of the molecule is CSCC(C)(C)NC(=O)c1cccc(F)c1C(N)=O. The predicted molar refractivity (Wildman–Crippen MR) is 74.8 cm³/mol. The lowest BCUT2D eigenvalue weighted by atomic mass is 10.0. The third-order valence-electron chi connectivity index (χ3n) is 2.46. The van der Waals surface area contributed by atoms with Crippen LogP contribution >= 0.6 is 11.8 Å². The number of thioether (sulfide) groups is 1. The lowest BCUT2D eigenvalue weighted by molar-refractivity contribution is 0.0906. The second kappa shape index (κ2) is 6.06. The van der Waals surface area contributed by atoms with Gasteiger partial charge in [-0.3, -0.25) is 9.59 Å². The van der Waals surface area contributed by atoms with E-state index >= 15 is 0 Å². The Morgan fingerprint density at radius 3 is 2.58 bits per heavy atom. The van der Waals surface area contributed by atoms with E-state index in [4.69, 9.17) is 5.73 Å². The molecule has 0 heterocycles. The van der Waals surface area contributed by atoms with Crippen molar-refractivity contribution in [2.24, 2.45) is 5.73 Å². The smallest absolute Gasteiger partial charge is 0.252 e. The molecule has 1 rings (SSSR count). The molecule has 0 unspecified atom stereocenters. The number of primary amides is 1. The number of hydrogen-bond donors (Lipinski definition) is 2. The van der Waals surface area contributed by atoms with Crippen molar-refractivity contribution in [1.29, 1.82) is 0 Å². The molecular formula is C13H17FN2O2S. The molecule has 104 valence electrons. The van der Waals surface area contributed by atoms with Gasteiger partial charge in [0.2, 0.25) is 0 Å². The Kier molecular flexibility index (Phi) is 4.94. The summed E-state index contributed by atoms with van der Waals surface area (Å²) in [6, 6.07) is 3.86. The quantitative estimate of drug-likeness (QED) is 0.866. The van der Waals surface area contributed by atoms with Crippen molar-refractivity contribution < 1.29 is 14.0 Å². The van der Waals surface area contributed by atoms with Crippen molar-refractivity contribution in [2.45, 2.75) is 19.4 Å². The number of halogens is 1. The molecule has 0 bridgehead atoms. The molecule has 1 aromatic carbocycles. The van der Waals surface area contributed by atoms with Crippen molar-refractivity contribution in [3.05, 3.63) is 35.1 Å². The van der Waals surface area contributed by atoms with Crippen LogP contribution in [0.25, 0.3) is 0 Å². The van der Waals surface area contributed by atoms with Gasteiger partial charge in [-0.25, -0.2) is 4.39 Å². The van der Waals surface area contributed by atoms with Crippen molar-refractivity contribution in [3.63, 3.8) is 0 Å². The Morgan fingerprint density at radius 2 is 2.05 bits per heavy atom. The van der Waals surface area contributed by atoms with Crippen LogP contribution in [0, 0.1) is 5.82 Å². The Bertz CT molecular complexity index is 503. The summed E-state index contributed by atoms with van der Waals surface area (Å²) < 4.78 is 13.6. The monoisotopic (exact) mass is 284 g/mol. The summed E-state index contributed by atoms with van der Waals surface area (Å²) in [5.41, 5.74) is 4.24. The van der Waals surface area contributed by atoms with E-state index in [2.05, 4.69) is 5.32 Å². The summed E-state index contributed by atoms with van der Waals surface area (Å²) in [6.07, 6.45) is 1.92. The highest BCUT2D eigenvalue weighted by Crippen LogP contribution is 2.16. The van der Waals surface area contributed by atoms with Crippen LogP contribution < -0.4 is 11.1 Å². The van der Waals surface area contributed by atoms with Gasteiger partial charge in [0.25, 0.3) is 11.8 Å². The maximum Gasteiger partial charge on any atom is 0.252 e. The van der Waals surface area contributed by atoms with Crippen molar-refractivity contribution in [2.75, 3.05) is 12.0 Å². The molecule has 0 fully saturated rings. The molecule has 0 saturated carbocycles. The fourth-order valence-electron chi connectivity index (χ4n) is 1.74. The first kappa shape index (κ1) is 15.5. The summed E-state index contributed by atoms with van der Waals surface area (Å²) in [5, 5.41) is 2.76. The topological polar surface area (TPSA) is 72.2 Å². The van der Waals surface area contributed by atoms with Crippen LogP contribution in [0.4, 0.5) is 4.39 Å². The zero-order chi connectivity index (χ0) is 14.6. The van der Waals surface area contributed by atoms with Gasteiger partial charge in [0, 0.05) is 11.3 Å². The number of carbonyl (C=O) groups is 2. The molecule has 3 N–H and O–H groups in total.